The fraction of sp³-hybridized carbons (Fsp3) is 0.208. The van der Waals surface area contributed by atoms with Gasteiger partial charge in [-0.05, 0) is 56.2 Å². The Morgan fingerprint density at radius 2 is 1.75 bits per heavy atom. The molecule has 0 aliphatic carbocycles. The second-order valence-corrected chi connectivity index (χ2v) is 8.47. The summed E-state index contributed by atoms with van der Waals surface area (Å²) in [6.07, 6.45) is 3.83. The number of thioether (sulfide) groups is 1. The highest BCUT2D eigenvalue weighted by Gasteiger charge is 2.18. The van der Waals surface area contributed by atoms with Gasteiger partial charge in [-0.25, -0.2) is 4.68 Å². The van der Waals surface area contributed by atoms with Crippen molar-refractivity contribution in [2.24, 2.45) is 0 Å². The Morgan fingerprint density at radius 1 is 1.03 bits per heavy atom. The molecule has 32 heavy (non-hydrogen) atoms. The number of rotatable bonds is 7. The van der Waals surface area contributed by atoms with Gasteiger partial charge in [0.1, 0.15) is 5.75 Å². The van der Waals surface area contributed by atoms with Crippen LogP contribution in [0.4, 0.5) is 5.69 Å². The molecule has 0 spiro atoms. The number of benzene rings is 2. The lowest BCUT2D eigenvalue weighted by Gasteiger charge is -2.13. The van der Waals surface area contributed by atoms with Gasteiger partial charge >= 0.3 is 0 Å². The molecule has 0 aliphatic heterocycles. The second-order valence-electron chi connectivity index (χ2n) is 7.52. The van der Waals surface area contributed by atoms with Crippen molar-refractivity contribution in [3.05, 3.63) is 77.6 Å². The van der Waals surface area contributed by atoms with Gasteiger partial charge in [-0.3, -0.25) is 9.47 Å². The molecule has 8 heteroatoms. The van der Waals surface area contributed by atoms with Crippen LogP contribution in [0.15, 0.2) is 66.1 Å². The highest BCUT2D eigenvalue weighted by molar-refractivity contribution is 7.99. The molecule has 1 N–H and O–H groups in total. The van der Waals surface area contributed by atoms with Crippen molar-refractivity contribution in [1.29, 1.82) is 0 Å². The minimum atomic E-state index is -0.0879. The minimum Gasteiger partial charge on any atom is -0.497 e. The average molecular weight is 448 g/mol. The number of nitrogens with one attached hydrogen (secondary N) is 1. The van der Waals surface area contributed by atoms with Crippen molar-refractivity contribution in [2.45, 2.75) is 25.9 Å². The number of amides is 1. The zero-order valence-electron chi connectivity index (χ0n) is 18.5. The quantitative estimate of drug-likeness (QED) is 0.415. The van der Waals surface area contributed by atoms with Crippen LogP contribution in [-0.2, 0) is 4.79 Å². The molecule has 4 aromatic rings. The van der Waals surface area contributed by atoms with E-state index in [9.17, 15) is 4.79 Å². The van der Waals surface area contributed by atoms with Crippen LogP contribution in [0.25, 0.3) is 11.4 Å². The molecule has 7 nitrogen and oxygen atoms in total. The zero-order chi connectivity index (χ0) is 22.7. The van der Waals surface area contributed by atoms with E-state index in [0.29, 0.717) is 11.0 Å². The first kappa shape index (κ1) is 21.7. The maximum atomic E-state index is 12.7. The number of nitrogens with zero attached hydrogens (tertiary/aromatic N) is 4. The summed E-state index contributed by atoms with van der Waals surface area (Å²) in [6.45, 7) is 6.06. The van der Waals surface area contributed by atoms with Crippen LogP contribution in [0.1, 0.15) is 16.7 Å². The molecule has 0 aliphatic rings. The molecule has 0 bridgehead atoms. The first-order valence-electron chi connectivity index (χ1n) is 10.2. The number of aromatic nitrogens is 4. The van der Waals surface area contributed by atoms with E-state index in [4.69, 9.17) is 4.74 Å². The van der Waals surface area contributed by atoms with Gasteiger partial charge < -0.3 is 10.1 Å². The number of carbonyl (C=O) groups excluding carboxylic acids is 1. The van der Waals surface area contributed by atoms with Crippen LogP contribution >= 0.6 is 11.8 Å². The Balaban J connectivity index is 1.58. The van der Waals surface area contributed by atoms with Crippen molar-refractivity contribution in [1.82, 2.24) is 19.5 Å². The molecule has 1 amide bonds. The maximum absolute atomic E-state index is 12.7. The highest BCUT2D eigenvalue weighted by Crippen LogP contribution is 2.27. The van der Waals surface area contributed by atoms with Crippen molar-refractivity contribution < 1.29 is 9.53 Å². The zero-order valence-corrected chi connectivity index (χ0v) is 19.3. The predicted octanol–water partition coefficient (Wildman–Crippen LogP) is 4.72. The number of hydrogen-bond donors (Lipinski definition) is 1. The molecule has 0 radical (unpaired) electrons. The van der Waals surface area contributed by atoms with E-state index in [0.717, 1.165) is 28.1 Å². The van der Waals surface area contributed by atoms with E-state index in [2.05, 4.69) is 34.6 Å². The summed E-state index contributed by atoms with van der Waals surface area (Å²) in [4.78, 5) is 12.7. The molecule has 2 heterocycles. The molecular formula is C24H25N5O2S. The van der Waals surface area contributed by atoms with Crippen molar-refractivity contribution in [3.8, 4) is 17.1 Å². The Kier molecular flexibility index (Phi) is 6.32. The van der Waals surface area contributed by atoms with Crippen LogP contribution in [0.5, 0.6) is 5.75 Å². The van der Waals surface area contributed by atoms with Crippen LogP contribution in [-0.4, -0.2) is 38.3 Å². The fourth-order valence-corrected chi connectivity index (χ4v) is 4.38. The summed E-state index contributed by atoms with van der Waals surface area (Å²) < 4.78 is 9.13. The summed E-state index contributed by atoms with van der Waals surface area (Å²) in [5.41, 5.74) is 5.02. The van der Waals surface area contributed by atoms with Gasteiger partial charge in [-0.15, -0.1) is 10.2 Å². The highest BCUT2D eigenvalue weighted by atomic mass is 32.2. The lowest BCUT2D eigenvalue weighted by atomic mass is 10.1. The van der Waals surface area contributed by atoms with E-state index >= 15 is 0 Å². The topological polar surface area (TPSA) is 74.0 Å². The fourth-order valence-electron chi connectivity index (χ4n) is 3.65. The number of methoxy groups -OCH3 is 1. The first-order valence-corrected chi connectivity index (χ1v) is 11.2. The van der Waals surface area contributed by atoms with E-state index in [1.807, 2.05) is 72.0 Å². The SMILES string of the molecule is COc1cccc(-c2nnc(SCC(=O)Nc3c(C)cc(C)cc3C)n2-n2cccc2)c1. The third kappa shape index (κ3) is 4.55. The van der Waals surface area contributed by atoms with Gasteiger partial charge in [-0.1, -0.05) is 41.6 Å². The normalized spacial score (nSPS) is 10.9. The summed E-state index contributed by atoms with van der Waals surface area (Å²) >= 11 is 1.34. The first-order chi connectivity index (χ1) is 15.5. The largest absolute Gasteiger partial charge is 0.497 e. The van der Waals surface area contributed by atoms with Crippen molar-refractivity contribution in [2.75, 3.05) is 18.2 Å². The third-order valence-corrected chi connectivity index (χ3v) is 5.95. The number of hydrogen-bond acceptors (Lipinski definition) is 5. The van der Waals surface area contributed by atoms with Crippen LogP contribution in [0, 0.1) is 20.8 Å². The summed E-state index contributed by atoms with van der Waals surface area (Å²) in [7, 11) is 1.63. The minimum absolute atomic E-state index is 0.0879. The van der Waals surface area contributed by atoms with Crippen LogP contribution in [0.2, 0.25) is 0 Å². The van der Waals surface area contributed by atoms with Gasteiger partial charge in [0.2, 0.25) is 11.1 Å². The lowest BCUT2D eigenvalue weighted by Crippen LogP contribution is -2.17. The van der Waals surface area contributed by atoms with Gasteiger partial charge in [0, 0.05) is 23.6 Å². The number of carbonyl (C=O) groups is 1. The van der Waals surface area contributed by atoms with Gasteiger partial charge in [-0.2, -0.15) is 0 Å². The van der Waals surface area contributed by atoms with E-state index in [1.54, 1.807) is 7.11 Å². The average Bonchev–Trinajstić information content (AvgIpc) is 3.44. The monoisotopic (exact) mass is 447 g/mol. The number of ether oxygens (including phenoxy) is 1. The van der Waals surface area contributed by atoms with Gasteiger partial charge in [0.25, 0.3) is 0 Å². The predicted molar refractivity (Wildman–Crippen MR) is 127 cm³/mol. The van der Waals surface area contributed by atoms with Crippen molar-refractivity contribution in [3.63, 3.8) is 0 Å². The summed E-state index contributed by atoms with van der Waals surface area (Å²) in [5, 5.41) is 12.4. The molecule has 0 saturated heterocycles. The molecule has 0 unspecified atom stereocenters. The molecule has 2 aromatic heterocycles. The second kappa shape index (κ2) is 9.32. The Hall–Kier alpha value is -3.52. The van der Waals surface area contributed by atoms with Gasteiger partial charge in [0.05, 0.1) is 12.9 Å². The number of anilines is 1. The summed E-state index contributed by atoms with van der Waals surface area (Å²) in [5.74, 6) is 1.52. The third-order valence-electron chi connectivity index (χ3n) is 5.03. The maximum Gasteiger partial charge on any atom is 0.234 e. The molecular weight excluding hydrogens is 422 g/mol. The standard InChI is InChI=1S/C24H25N5O2S/c1-16-12-17(2)22(18(3)13-16)25-21(30)15-32-24-27-26-23(29(24)28-10-5-6-11-28)19-8-7-9-20(14-19)31-4/h5-14H,15H2,1-4H3,(H,25,30). The lowest BCUT2D eigenvalue weighted by molar-refractivity contribution is -0.113. The van der Waals surface area contributed by atoms with E-state index in [-0.39, 0.29) is 11.7 Å². The smallest absolute Gasteiger partial charge is 0.234 e. The number of aryl methyl sites for hydroxylation is 3. The molecule has 0 atom stereocenters. The molecule has 2 aromatic carbocycles. The molecule has 164 valence electrons. The molecule has 0 saturated carbocycles. The molecule has 0 fully saturated rings. The van der Waals surface area contributed by atoms with Crippen LogP contribution in [0.3, 0.4) is 0 Å². The van der Waals surface area contributed by atoms with Crippen LogP contribution < -0.4 is 10.1 Å². The summed E-state index contributed by atoms with van der Waals surface area (Å²) in [6, 6.07) is 15.7. The van der Waals surface area contributed by atoms with Crippen molar-refractivity contribution >= 4 is 23.4 Å². The van der Waals surface area contributed by atoms with E-state index in [1.165, 1.54) is 17.3 Å². The van der Waals surface area contributed by atoms with Gasteiger partial charge in [0.15, 0.2) is 5.82 Å². The van der Waals surface area contributed by atoms with E-state index < -0.39 is 0 Å². The Morgan fingerprint density at radius 3 is 2.44 bits per heavy atom. The Bertz CT molecular complexity index is 1220. The molecule has 4 rings (SSSR count). The Labute approximate surface area is 191 Å².